The predicted octanol–water partition coefficient (Wildman–Crippen LogP) is 3.79. The maximum Gasteiger partial charge on any atom is 0.256 e. The van der Waals surface area contributed by atoms with Crippen LogP contribution in [0.15, 0.2) is 53.4 Å². The molecule has 0 unspecified atom stereocenters. The third-order valence-corrected chi connectivity index (χ3v) is 6.63. The molecule has 1 heterocycles. The molecule has 3 rings (SSSR count). The molecule has 0 spiro atoms. The van der Waals surface area contributed by atoms with Crippen LogP contribution in [0.25, 0.3) is 11.1 Å². The van der Waals surface area contributed by atoms with Crippen molar-refractivity contribution in [3.63, 3.8) is 0 Å². The minimum absolute atomic E-state index is 0.0516. The van der Waals surface area contributed by atoms with Gasteiger partial charge in [0, 0.05) is 22.3 Å². The van der Waals surface area contributed by atoms with Crippen LogP contribution in [0.4, 0.5) is 5.00 Å². The zero-order chi connectivity index (χ0) is 21.3. The molecule has 0 fully saturated rings. The maximum atomic E-state index is 12.9. The van der Waals surface area contributed by atoms with Crippen LogP contribution in [0.3, 0.4) is 0 Å². The molecule has 29 heavy (non-hydrogen) atoms. The number of nitrogens with one attached hydrogen (secondary N) is 1. The number of sulfone groups is 1. The second-order valence-electron chi connectivity index (χ2n) is 6.67. The first-order valence-electron chi connectivity index (χ1n) is 8.70. The fraction of sp³-hybridized carbons (Fsp3) is 0.143. The van der Waals surface area contributed by atoms with Crippen molar-refractivity contribution in [2.24, 2.45) is 5.73 Å². The second-order valence-corrected chi connectivity index (χ2v) is 9.91. The average Bonchev–Trinajstić information content (AvgIpc) is 2.97. The third-order valence-electron chi connectivity index (χ3n) is 4.50. The van der Waals surface area contributed by atoms with Crippen LogP contribution >= 0.6 is 11.3 Å². The van der Waals surface area contributed by atoms with E-state index in [1.54, 1.807) is 13.0 Å². The van der Waals surface area contributed by atoms with Gasteiger partial charge in [-0.1, -0.05) is 36.4 Å². The Balaban J connectivity index is 2.06. The Labute approximate surface area is 173 Å². The van der Waals surface area contributed by atoms with Crippen LogP contribution in [0, 0.1) is 13.8 Å². The number of nitrogens with two attached hydrogens (primary N) is 1. The molecule has 2 amide bonds. The van der Waals surface area contributed by atoms with E-state index in [0.717, 1.165) is 16.7 Å². The van der Waals surface area contributed by atoms with Crippen molar-refractivity contribution in [2.75, 3.05) is 11.6 Å². The summed E-state index contributed by atoms with van der Waals surface area (Å²) >= 11 is 1.25. The lowest BCUT2D eigenvalue weighted by Gasteiger charge is -2.10. The highest BCUT2D eigenvalue weighted by atomic mass is 32.2. The van der Waals surface area contributed by atoms with Crippen molar-refractivity contribution >= 4 is 38.0 Å². The molecule has 6 nitrogen and oxygen atoms in total. The monoisotopic (exact) mass is 428 g/mol. The normalized spacial score (nSPS) is 11.3. The topological polar surface area (TPSA) is 106 Å². The standard InChI is InChI=1S/C21H20N2O4S2/c1-12-9-10-15(29(3,26)27)11-16(12)20(25)23-21-18(19(22)24)17(13(2)28-21)14-7-5-4-6-8-14/h4-11H,1-3H3,(H2,22,24)(H,23,25). The molecule has 2 aromatic carbocycles. The Hall–Kier alpha value is -2.97. The smallest absolute Gasteiger partial charge is 0.256 e. The van der Waals surface area contributed by atoms with Gasteiger partial charge in [-0.25, -0.2) is 8.42 Å². The number of hydrogen-bond donors (Lipinski definition) is 2. The molecule has 0 radical (unpaired) electrons. The zero-order valence-electron chi connectivity index (χ0n) is 16.1. The van der Waals surface area contributed by atoms with E-state index in [1.165, 1.54) is 23.5 Å². The van der Waals surface area contributed by atoms with E-state index in [1.807, 2.05) is 37.3 Å². The summed E-state index contributed by atoms with van der Waals surface area (Å²) in [5, 5.41) is 3.08. The maximum absolute atomic E-state index is 12.9. The predicted molar refractivity (Wildman–Crippen MR) is 115 cm³/mol. The highest BCUT2D eigenvalue weighted by Crippen LogP contribution is 2.39. The largest absolute Gasteiger partial charge is 0.365 e. The van der Waals surface area contributed by atoms with Crippen LogP contribution in [0.2, 0.25) is 0 Å². The van der Waals surface area contributed by atoms with E-state index in [0.29, 0.717) is 16.1 Å². The van der Waals surface area contributed by atoms with Crippen molar-refractivity contribution in [3.8, 4) is 11.1 Å². The van der Waals surface area contributed by atoms with E-state index in [4.69, 9.17) is 5.73 Å². The molecule has 150 valence electrons. The molecular weight excluding hydrogens is 408 g/mol. The Morgan fingerprint density at radius 2 is 1.69 bits per heavy atom. The number of aryl methyl sites for hydroxylation is 2. The number of primary amides is 1. The van der Waals surface area contributed by atoms with Crippen molar-refractivity contribution in [2.45, 2.75) is 18.7 Å². The molecular formula is C21H20N2O4S2. The third kappa shape index (κ3) is 4.23. The highest BCUT2D eigenvalue weighted by molar-refractivity contribution is 7.90. The molecule has 0 aliphatic carbocycles. The van der Waals surface area contributed by atoms with Crippen molar-refractivity contribution in [3.05, 3.63) is 70.1 Å². The number of carbonyl (C=O) groups excluding carboxylic acids is 2. The number of thiophene rings is 1. The molecule has 0 bridgehead atoms. The first kappa shape index (κ1) is 20.8. The minimum Gasteiger partial charge on any atom is -0.365 e. The Morgan fingerprint density at radius 3 is 2.28 bits per heavy atom. The van der Waals surface area contributed by atoms with Crippen molar-refractivity contribution in [1.82, 2.24) is 0 Å². The van der Waals surface area contributed by atoms with Crippen LogP contribution in [-0.2, 0) is 9.84 Å². The quantitative estimate of drug-likeness (QED) is 0.645. The Morgan fingerprint density at radius 1 is 1.03 bits per heavy atom. The van der Waals surface area contributed by atoms with Crippen LogP contribution in [-0.4, -0.2) is 26.5 Å². The summed E-state index contributed by atoms with van der Waals surface area (Å²) in [5.41, 5.74) is 8.21. The van der Waals surface area contributed by atoms with Gasteiger partial charge >= 0.3 is 0 Å². The lowest BCUT2D eigenvalue weighted by Crippen LogP contribution is -2.18. The fourth-order valence-corrected chi connectivity index (χ4v) is 4.79. The SMILES string of the molecule is Cc1ccc(S(C)(=O)=O)cc1C(=O)Nc1sc(C)c(-c2ccccc2)c1C(N)=O. The first-order valence-corrected chi connectivity index (χ1v) is 11.4. The van der Waals surface area contributed by atoms with Crippen LogP contribution in [0.5, 0.6) is 0 Å². The van der Waals surface area contributed by atoms with E-state index in [2.05, 4.69) is 5.32 Å². The van der Waals surface area contributed by atoms with Gasteiger partial charge in [0.2, 0.25) is 0 Å². The van der Waals surface area contributed by atoms with Gasteiger partial charge in [-0.05, 0) is 37.1 Å². The zero-order valence-corrected chi connectivity index (χ0v) is 17.8. The minimum atomic E-state index is -3.46. The molecule has 0 aliphatic rings. The summed E-state index contributed by atoms with van der Waals surface area (Å²) in [7, 11) is -3.46. The summed E-state index contributed by atoms with van der Waals surface area (Å²) < 4.78 is 23.7. The summed E-state index contributed by atoms with van der Waals surface area (Å²) in [6, 6.07) is 13.7. The van der Waals surface area contributed by atoms with Gasteiger partial charge in [-0.2, -0.15) is 0 Å². The lowest BCUT2D eigenvalue weighted by molar-refractivity contribution is 0.100. The number of carbonyl (C=O) groups is 2. The molecule has 0 atom stereocenters. The molecule has 1 aromatic heterocycles. The van der Waals surface area contributed by atoms with E-state index >= 15 is 0 Å². The lowest BCUT2D eigenvalue weighted by atomic mass is 10.0. The number of anilines is 1. The highest BCUT2D eigenvalue weighted by Gasteiger charge is 2.24. The Kier molecular flexibility index (Phi) is 5.59. The van der Waals surface area contributed by atoms with Gasteiger partial charge in [-0.3, -0.25) is 9.59 Å². The van der Waals surface area contributed by atoms with E-state index in [-0.39, 0.29) is 16.0 Å². The second kappa shape index (κ2) is 7.81. The summed E-state index contributed by atoms with van der Waals surface area (Å²) in [5.74, 6) is -1.15. The van der Waals surface area contributed by atoms with Gasteiger partial charge in [0.1, 0.15) is 5.00 Å². The fourth-order valence-electron chi connectivity index (χ4n) is 3.07. The van der Waals surface area contributed by atoms with Gasteiger partial charge in [0.25, 0.3) is 11.8 Å². The molecule has 0 saturated carbocycles. The van der Waals surface area contributed by atoms with Gasteiger partial charge in [0.15, 0.2) is 9.84 Å². The molecule has 3 N–H and O–H groups in total. The summed E-state index contributed by atoms with van der Waals surface area (Å²) in [4.78, 5) is 26.0. The van der Waals surface area contributed by atoms with E-state index < -0.39 is 21.7 Å². The number of rotatable bonds is 5. The van der Waals surface area contributed by atoms with E-state index in [9.17, 15) is 18.0 Å². The van der Waals surface area contributed by atoms with Crippen LogP contribution in [0.1, 0.15) is 31.2 Å². The Bertz CT molecular complexity index is 1210. The van der Waals surface area contributed by atoms with Crippen molar-refractivity contribution in [1.29, 1.82) is 0 Å². The van der Waals surface area contributed by atoms with Gasteiger partial charge in [-0.15, -0.1) is 11.3 Å². The van der Waals surface area contributed by atoms with Crippen molar-refractivity contribution < 1.29 is 18.0 Å². The van der Waals surface area contributed by atoms with Gasteiger partial charge < -0.3 is 11.1 Å². The first-order chi connectivity index (χ1) is 13.6. The number of benzene rings is 2. The molecule has 0 aliphatic heterocycles. The summed E-state index contributed by atoms with van der Waals surface area (Å²) in [6.07, 6.45) is 1.08. The number of amides is 2. The number of hydrogen-bond acceptors (Lipinski definition) is 5. The average molecular weight is 429 g/mol. The van der Waals surface area contributed by atoms with Gasteiger partial charge in [0.05, 0.1) is 10.5 Å². The van der Waals surface area contributed by atoms with Crippen LogP contribution < -0.4 is 11.1 Å². The molecule has 3 aromatic rings. The summed E-state index contributed by atoms with van der Waals surface area (Å²) in [6.45, 7) is 3.57. The molecule has 0 saturated heterocycles. The molecule has 8 heteroatoms.